The summed E-state index contributed by atoms with van der Waals surface area (Å²) >= 11 is 3.92. The van der Waals surface area contributed by atoms with Crippen molar-refractivity contribution >= 4 is 46.0 Å². The number of carbonyl (C=O) groups is 1. The summed E-state index contributed by atoms with van der Waals surface area (Å²) < 4.78 is 1.14. The van der Waals surface area contributed by atoms with E-state index in [1.165, 1.54) is 22.3 Å². The number of hydrogen-bond acceptors (Lipinski definition) is 3. The Labute approximate surface area is 182 Å². The summed E-state index contributed by atoms with van der Waals surface area (Å²) in [5.41, 5.74) is 9.60. The molecule has 0 aliphatic heterocycles. The smallest absolute Gasteiger partial charge is 0.250 e. The molecular formula is C23H19IN2OS. The number of nitrogens with zero attached hydrogens (tertiary/aromatic N) is 1. The van der Waals surface area contributed by atoms with Crippen LogP contribution < -0.4 is 5.43 Å². The number of halogens is 1. The van der Waals surface area contributed by atoms with Gasteiger partial charge in [-0.3, -0.25) is 4.79 Å². The highest BCUT2D eigenvalue weighted by Crippen LogP contribution is 2.49. The van der Waals surface area contributed by atoms with E-state index in [2.05, 4.69) is 81.6 Å². The maximum Gasteiger partial charge on any atom is 0.250 e. The van der Waals surface area contributed by atoms with Crippen molar-refractivity contribution in [2.45, 2.75) is 12.2 Å². The third-order valence-corrected chi connectivity index (χ3v) is 6.69. The maximum absolute atomic E-state index is 12.4. The fourth-order valence-corrected chi connectivity index (χ4v) is 5.10. The molecule has 1 aliphatic rings. The first-order valence-corrected chi connectivity index (χ1v) is 11.1. The number of thioether (sulfide) groups is 1. The van der Waals surface area contributed by atoms with Gasteiger partial charge < -0.3 is 0 Å². The predicted molar refractivity (Wildman–Crippen MR) is 126 cm³/mol. The summed E-state index contributed by atoms with van der Waals surface area (Å²) in [6.07, 6.45) is 0. The minimum atomic E-state index is -0.0863. The SMILES string of the molecule is CC(=NNC(=O)CSC1c2ccccc2-c2ccccc21)c1cccc(I)c1. The van der Waals surface area contributed by atoms with E-state index in [1.54, 1.807) is 11.8 Å². The highest BCUT2D eigenvalue weighted by molar-refractivity contribution is 14.1. The number of benzene rings is 3. The Morgan fingerprint density at radius 1 is 1.00 bits per heavy atom. The number of rotatable bonds is 5. The summed E-state index contributed by atoms with van der Waals surface area (Å²) in [5.74, 6) is 0.271. The van der Waals surface area contributed by atoms with Crippen LogP contribution in [-0.4, -0.2) is 17.4 Å². The second-order valence-corrected chi connectivity index (χ2v) is 8.95. The number of carbonyl (C=O) groups excluding carboxylic acids is 1. The first-order valence-electron chi connectivity index (χ1n) is 9.02. The first-order chi connectivity index (χ1) is 13.6. The van der Waals surface area contributed by atoms with E-state index in [-0.39, 0.29) is 11.2 Å². The lowest BCUT2D eigenvalue weighted by Crippen LogP contribution is -2.21. The number of amides is 1. The van der Waals surface area contributed by atoms with Crippen LogP contribution in [0.2, 0.25) is 0 Å². The molecular weight excluding hydrogens is 479 g/mol. The molecule has 0 radical (unpaired) electrons. The van der Waals surface area contributed by atoms with Crippen LogP contribution in [0.3, 0.4) is 0 Å². The molecule has 1 aliphatic carbocycles. The first kappa shape index (κ1) is 19.2. The van der Waals surface area contributed by atoms with Crippen molar-refractivity contribution in [2.24, 2.45) is 5.10 Å². The van der Waals surface area contributed by atoms with E-state index in [1.807, 2.05) is 31.2 Å². The van der Waals surface area contributed by atoms with Gasteiger partial charge in [0.25, 0.3) is 0 Å². The molecule has 0 bridgehead atoms. The van der Waals surface area contributed by atoms with Crippen molar-refractivity contribution in [3.05, 3.63) is 93.1 Å². The standard InChI is InChI=1S/C23H19IN2OS/c1-15(16-7-6-8-17(24)13-16)25-26-22(27)14-28-23-20-11-4-2-9-18(20)19-10-3-5-12-21(19)23/h2-13,23H,14H2,1H3,(H,26,27). The summed E-state index contributed by atoms with van der Waals surface area (Å²) in [4.78, 5) is 12.4. The molecule has 0 fully saturated rings. The van der Waals surface area contributed by atoms with Crippen molar-refractivity contribution in [3.63, 3.8) is 0 Å². The third-order valence-electron chi connectivity index (χ3n) is 4.75. The van der Waals surface area contributed by atoms with Gasteiger partial charge in [0, 0.05) is 3.57 Å². The molecule has 1 N–H and O–H groups in total. The second kappa shape index (κ2) is 8.49. The fourth-order valence-electron chi connectivity index (χ4n) is 3.40. The van der Waals surface area contributed by atoms with Crippen LogP contribution in [0.4, 0.5) is 0 Å². The third kappa shape index (κ3) is 4.00. The van der Waals surface area contributed by atoms with Crippen LogP contribution in [0.15, 0.2) is 77.9 Å². The Morgan fingerprint density at radius 2 is 1.64 bits per heavy atom. The van der Waals surface area contributed by atoms with E-state index in [0.717, 1.165) is 14.8 Å². The lowest BCUT2D eigenvalue weighted by Gasteiger charge is -2.12. The van der Waals surface area contributed by atoms with Crippen LogP contribution in [0.1, 0.15) is 28.9 Å². The lowest BCUT2D eigenvalue weighted by molar-refractivity contribution is -0.118. The summed E-state index contributed by atoms with van der Waals surface area (Å²) in [6, 6.07) is 24.9. The van der Waals surface area contributed by atoms with Gasteiger partial charge in [0.1, 0.15) is 0 Å². The minimum absolute atomic E-state index is 0.0863. The second-order valence-electron chi connectivity index (χ2n) is 6.61. The van der Waals surface area contributed by atoms with Gasteiger partial charge in [-0.15, -0.1) is 11.8 Å². The Balaban J connectivity index is 1.43. The molecule has 3 aromatic carbocycles. The zero-order valence-electron chi connectivity index (χ0n) is 15.4. The van der Waals surface area contributed by atoms with Crippen LogP contribution >= 0.6 is 34.4 Å². The molecule has 0 aromatic heterocycles. The molecule has 4 rings (SSSR count). The summed E-state index contributed by atoms with van der Waals surface area (Å²) in [6.45, 7) is 1.91. The summed E-state index contributed by atoms with van der Waals surface area (Å²) in [5, 5.41) is 4.45. The molecule has 0 saturated carbocycles. The normalized spacial score (nSPS) is 13.1. The monoisotopic (exact) mass is 498 g/mol. The van der Waals surface area contributed by atoms with Gasteiger partial charge in [0.15, 0.2) is 0 Å². The molecule has 3 aromatic rings. The molecule has 0 atom stereocenters. The molecule has 0 heterocycles. The van der Waals surface area contributed by atoms with Gasteiger partial charge in [-0.05, 0) is 69.5 Å². The largest absolute Gasteiger partial charge is 0.272 e. The Hall–Kier alpha value is -2.12. The van der Waals surface area contributed by atoms with Gasteiger partial charge in [-0.25, -0.2) is 5.43 Å². The molecule has 5 heteroatoms. The topological polar surface area (TPSA) is 41.5 Å². The highest BCUT2D eigenvalue weighted by Gasteiger charge is 2.28. The number of hydrazone groups is 1. The highest BCUT2D eigenvalue weighted by atomic mass is 127. The van der Waals surface area contributed by atoms with Gasteiger partial charge >= 0.3 is 0 Å². The van der Waals surface area contributed by atoms with Crippen molar-refractivity contribution in [1.29, 1.82) is 0 Å². The van der Waals surface area contributed by atoms with Crippen molar-refractivity contribution in [1.82, 2.24) is 5.43 Å². The van der Waals surface area contributed by atoms with Gasteiger partial charge in [-0.2, -0.15) is 5.10 Å². The summed E-state index contributed by atoms with van der Waals surface area (Å²) in [7, 11) is 0. The van der Waals surface area contributed by atoms with Gasteiger partial charge in [-0.1, -0.05) is 60.7 Å². The molecule has 28 heavy (non-hydrogen) atoms. The molecule has 140 valence electrons. The van der Waals surface area contributed by atoms with Crippen molar-refractivity contribution in [3.8, 4) is 11.1 Å². The Bertz CT molecular complexity index is 1020. The van der Waals surface area contributed by atoms with Crippen molar-refractivity contribution in [2.75, 3.05) is 5.75 Å². The molecule has 1 amide bonds. The Kier molecular flexibility index (Phi) is 5.82. The van der Waals surface area contributed by atoms with E-state index < -0.39 is 0 Å². The molecule has 0 unspecified atom stereocenters. The van der Waals surface area contributed by atoms with Crippen LogP contribution in [0.5, 0.6) is 0 Å². The van der Waals surface area contributed by atoms with E-state index in [9.17, 15) is 4.79 Å². The number of fused-ring (bicyclic) bond motifs is 3. The predicted octanol–water partition coefficient (Wildman–Crippen LogP) is 5.63. The molecule has 0 spiro atoms. The zero-order chi connectivity index (χ0) is 19.5. The van der Waals surface area contributed by atoms with Gasteiger partial charge in [0.05, 0.1) is 16.7 Å². The van der Waals surface area contributed by atoms with Crippen LogP contribution in [0.25, 0.3) is 11.1 Å². The van der Waals surface area contributed by atoms with Crippen molar-refractivity contribution < 1.29 is 4.79 Å². The van der Waals surface area contributed by atoms with Crippen LogP contribution in [0, 0.1) is 3.57 Å². The molecule has 3 nitrogen and oxygen atoms in total. The zero-order valence-corrected chi connectivity index (χ0v) is 18.3. The minimum Gasteiger partial charge on any atom is -0.272 e. The average Bonchev–Trinajstić information content (AvgIpc) is 3.04. The maximum atomic E-state index is 12.4. The molecule has 0 saturated heterocycles. The van der Waals surface area contributed by atoms with E-state index >= 15 is 0 Å². The fraction of sp³-hybridized carbons (Fsp3) is 0.130. The van der Waals surface area contributed by atoms with Crippen LogP contribution in [-0.2, 0) is 4.79 Å². The quantitative estimate of drug-likeness (QED) is 0.281. The Morgan fingerprint density at radius 3 is 2.29 bits per heavy atom. The van der Waals surface area contributed by atoms with Gasteiger partial charge in [0.2, 0.25) is 5.91 Å². The lowest BCUT2D eigenvalue weighted by atomic mass is 10.1. The number of hydrogen-bond donors (Lipinski definition) is 1. The van der Waals surface area contributed by atoms with E-state index in [4.69, 9.17) is 0 Å². The average molecular weight is 498 g/mol. The van der Waals surface area contributed by atoms with E-state index in [0.29, 0.717) is 5.75 Å². The number of nitrogens with one attached hydrogen (secondary N) is 1.